The molecule has 0 spiro atoms. The number of hydrogen-bond acceptors (Lipinski definition) is 4. The third kappa shape index (κ3) is 7.14. The van der Waals surface area contributed by atoms with Crippen LogP contribution in [-0.4, -0.2) is 55.4 Å². The largest absolute Gasteiger partial charge is 0.444 e. The van der Waals surface area contributed by atoms with E-state index in [1.807, 2.05) is 20.8 Å². The number of likely N-dealkylation sites (N-methyl/N-ethyl adjacent to an activating group) is 1. The van der Waals surface area contributed by atoms with Crippen LogP contribution in [0.4, 0.5) is 4.79 Å². The fourth-order valence-corrected chi connectivity index (χ4v) is 2.50. The van der Waals surface area contributed by atoms with E-state index in [1.54, 1.807) is 0 Å². The van der Waals surface area contributed by atoms with Crippen LogP contribution in [0.1, 0.15) is 47.5 Å². The van der Waals surface area contributed by atoms with Gasteiger partial charge in [-0.3, -0.25) is 0 Å². The molecular weight excluding hydrogens is 266 g/mol. The van der Waals surface area contributed by atoms with Crippen molar-refractivity contribution < 1.29 is 9.53 Å². The van der Waals surface area contributed by atoms with Crippen molar-refractivity contribution in [1.29, 1.82) is 0 Å². The number of nitrogens with one attached hydrogen (secondary N) is 2. The van der Waals surface area contributed by atoms with E-state index in [-0.39, 0.29) is 12.1 Å². The average Bonchev–Trinajstić information content (AvgIpc) is 2.21. The van der Waals surface area contributed by atoms with E-state index in [1.165, 1.54) is 0 Å². The van der Waals surface area contributed by atoms with E-state index in [2.05, 4.69) is 43.5 Å². The highest BCUT2D eigenvalue weighted by atomic mass is 16.6. The summed E-state index contributed by atoms with van der Waals surface area (Å²) in [6.07, 6.45) is 1.66. The Labute approximate surface area is 129 Å². The quantitative estimate of drug-likeness (QED) is 0.789. The van der Waals surface area contributed by atoms with Crippen molar-refractivity contribution in [3.8, 4) is 0 Å². The van der Waals surface area contributed by atoms with Crippen molar-refractivity contribution >= 4 is 6.09 Å². The molecule has 0 saturated heterocycles. The molecule has 1 fully saturated rings. The van der Waals surface area contributed by atoms with Crippen molar-refractivity contribution in [3.63, 3.8) is 0 Å². The number of amides is 1. The molecule has 2 N–H and O–H groups in total. The molecule has 1 amide bonds. The SMILES string of the molecule is CC(C)C(CN(C)C)NC1CC(NC(=O)OC(C)(C)C)C1. The lowest BCUT2D eigenvalue weighted by molar-refractivity contribution is 0.0460. The molecule has 1 rings (SSSR count). The van der Waals surface area contributed by atoms with Gasteiger partial charge in [-0.1, -0.05) is 13.8 Å². The van der Waals surface area contributed by atoms with Gasteiger partial charge in [0.2, 0.25) is 0 Å². The van der Waals surface area contributed by atoms with Gasteiger partial charge in [0.05, 0.1) is 0 Å². The van der Waals surface area contributed by atoms with Crippen molar-refractivity contribution in [2.75, 3.05) is 20.6 Å². The Kier molecular flexibility index (Phi) is 6.47. The van der Waals surface area contributed by atoms with Crippen LogP contribution in [0.15, 0.2) is 0 Å². The zero-order valence-electron chi connectivity index (χ0n) is 14.7. The predicted octanol–water partition coefficient (Wildman–Crippen LogP) is 2.22. The zero-order valence-corrected chi connectivity index (χ0v) is 14.7. The Morgan fingerprint density at radius 3 is 2.24 bits per heavy atom. The standard InChI is InChI=1S/C16H33N3O2/c1-11(2)14(10-19(6)7)17-12-8-13(9-12)18-15(20)21-16(3,4)5/h11-14,17H,8-10H2,1-7H3,(H,18,20). The fraction of sp³-hybridized carbons (Fsp3) is 0.938. The first-order valence-electron chi connectivity index (χ1n) is 7.97. The summed E-state index contributed by atoms with van der Waals surface area (Å²) >= 11 is 0. The van der Waals surface area contributed by atoms with Crippen LogP contribution < -0.4 is 10.6 Å². The van der Waals surface area contributed by atoms with Gasteiger partial charge in [0.1, 0.15) is 5.60 Å². The van der Waals surface area contributed by atoms with Gasteiger partial charge in [0, 0.05) is 24.7 Å². The number of hydrogen-bond donors (Lipinski definition) is 2. The minimum Gasteiger partial charge on any atom is -0.444 e. The first kappa shape index (κ1) is 18.2. The summed E-state index contributed by atoms with van der Waals surface area (Å²) in [5, 5.41) is 6.64. The molecule has 0 aliphatic heterocycles. The van der Waals surface area contributed by atoms with Crippen molar-refractivity contribution in [1.82, 2.24) is 15.5 Å². The van der Waals surface area contributed by atoms with Crippen LogP contribution >= 0.6 is 0 Å². The second kappa shape index (κ2) is 7.45. The molecule has 0 radical (unpaired) electrons. The molecule has 21 heavy (non-hydrogen) atoms. The molecule has 1 atom stereocenters. The summed E-state index contributed by atoms with van der Waals surface area (Å²) in [7, 11) is 4.20. The summed E-state index contributed by atoms with van der Waals surface area (Å²) in [6, 6.07) is 1.23. The molecule has 0 aromatic heterocycles. The first-order valence-corrected chi connectivity index (χ1v) is 7.97. The smallest absolute Gasteiger partial charge is 0.407 e. The Morgan fingerprint density at radius 1 is 1.24 bits per heavy atom. The number of nitrogens with zero attached hydrogens (tertiary/aromatic N) is 1. The molecule has 124 valence electrons. The van der Waals surface area contributed by atoms with Crippen molar-refractivity contribution in [2.45, 2.75) is 71.2 Å². The summed E-state index contributed by atoms with van der Waals surface area (Å²) in [5.74, 6) is 0.602. The van der Waals surface area contributed by atoms with Crippen LogP contribution in [-0.2, 0) is 4.74 Å². The topological polar surface area (TPSA) is 53.6 Å². The third-order valence-corrected chi connectivity index (χ3v) is 3.68. The summed E-state index contributed by atoms with van der Waals surface area (Å²) in [4.78, 5) is 13.9. The van der Waals surface area contributed by atoms with Crippen LogP contribution in [0.3, 0.4) is 0 Å². The third-order valence-electron chi connectivity index (χ3n) is 3.68. The Hall–Kier alpha value is -0.810. The summed E-state index contributed by atoms with van der Waals surface area (Å²) in [6.45, 7) is 11.2. The highest BCUT2D eigenvalue weighted by Gasteiger charge is 2.33. The van der Waals surface area contributed by atoms with E-state index in [9.17, 15) is 4.79 Å². The highest BCUT2D eigenvalue weighted by molar-refractivity contribution is 5.68. The lowest BCUT2D eigenvalue weighted by atomic mass is 9.85. The normalized spacial score (nSPS) is 23.9. The van der Waals surface area contributed by atoms with Gasteiger partial charge in [-0.25, -0.2) is 4.79 Å². The molecule has 0 aromatic rings. The van der Waals surface area contributed by atoms with Crippen LogP contribution in [0.25, 0.3) is 0 Å². The number of rotatable bonds is 6. The molecule has 1 aliphatic rings. The van der Waals surface area contributed by atoms with Gasteiger partial charge in [-0.15, -0.1) is 0 Å². The first-order chi connectivity index (χ1) is 9.56. The average molecular weight is 299 g/mol. The molecule has 0 bridgehead atoms. The molecule has 5 heteroatoms. The van der Waals surface area contributed by atoms with E-state index < -0.39 is 5.60 Å². The van der Waals surface area contributed by atoms with E-state index in [0.29, 0.717) is 18.0 Å². The molecule has 0 aromatic carbocycles. The number of ether oxygens (including phenoxy) is 1. The molecular formula is C16H33N3O2. The van der Waals surface area contributed by atoms with Crippen molar-refractivity contribution in [2.24, 2.45) is 5.92 Å². The van der Waals surface area contributed by atoms with Crippen LogP contribution in [0, 0.1) is 5.92 Å². The number of alkyl carbamates (subject to hydrolysis) is 1. The fourth-order valence-electron chi connectivity index (χ4n) is 2.50. The maximum Gasteiger partial charge on any atom is 0.407 e. The maximum absolute atomic E-state index is 11.7. The molecule has 1 saturated carbocycles. The minimum absolute atomic E-state index is 0.240. The van der Waals surface area contributed by atoms with Gasteiger partial charge in [-0.05, 0) is 53.6 Å². The molecule has 0 heterocycles. The van der Waals surface area contributed by atoms with Gasteiger partial charge < -0.3 is 20.3 Å². The number of carbonyl (C=O) groups excluding carboxylic acids is 1. The monoisotopic (exact) mass is 299 g/mol. The molecule has 1 aliphatic carbocycles. The van der Waals surface area contributed by atoms with Crippen LogP contribution in [0.5, 0.6) is 0 Å². The Bertz CT molecular complexity index is 331. The molecule has 5 nitrogen and oxygen atoms in total. The molecule has 1 unspecified atom stereocenters. The Morgan fingerprint density at radius 2 is 1.81 bits per heavy atom. The van der Waals surface area contributed by atoms with Gasteiger partial charge >= 0.3 is 6.09 Å². The van der Waals surface area contributed by atoms with Crippen molar-refractivity contribution in [3.05, 3.63) is 0 Å². The van der Waals surface area contributed by atoms with Crippen LogP contribution in [0.2, 0.25) is 0 Å². The zero-order chi connectivity index (χ0) is 16.2. The Balaban J connectivity index is 2.27. The van der Waals surface area contributed by atoms with E-state index in [4.69, 9.17) is 4.74 Å². The van der Waals surface area contributed by atoms with E-state index >= 15 is 0 Å². The minimum atomic E-state index is -0.431. The second-order valence-electron chi connectivity index (χ2n) is 7.79. The number of carbonyl (C=O) groups is 1. The maximum atomic E-state index is 11.7. The summed E-state index contributed by atoms with van der Waals surface area (Å²) in [5.41, 5.74) is -0.431. The predicted molar refractivity (Wildman–Crippen MR) is 86.5 cm³/mol. The van der Waals surface area contributed by atoms with Gasteiger partial charge in [0.25, 0.3) is 0 Å². The highest BCUT2D eigenvalue weighted by Crippen LogP contribution is 2.22. The lowest BCUT2D eigenvalue weighted by Gasteiger charge is -2.40. The van der Waals surface area contributed by atoms with E-state index in [0.717, 1.165) is 19.4 Å². The second-order valence-corrected chi connectivity index (χ2v) is 7.79. The lowest BCUT2D eigenvalue weighted by Crippen LogP contribution is -2.57. The van der Waals surface area contributed by atoms with Gasteiger partial charge in [0.15, 0.2) is 0 Å². The summed E-state index contributed by atoms with van der Waals surface area (Å²) < 4.78 is 5.27. The van der Waals surface area contributed by atoms with Gasteiger partial charge in [-0.2, -0.15) is 0 Å².